The van der Waals surface area contributed by atoms with Crippen molar-refractivity contribution in [1.29, 1.82) is 0 Å². The molecule has 1 unspecified atom stereocenters. The molecule has 150 valence electrons. The third-order valence-electron chi connectivity index (χ3n) is 5.38. The smallest absolute Gasteiger partial charge is 0.226 e. The first-order valence-electron chi connectivity index (χ1n) is 9.91. The second-order valence-corrected chi connectivity index (χ2v) is 7.26. The molecule has 2 amide bonds. The van der Waals surface area contributed by atoms with Crippen LogP contribution in [0.3, 0.4) is 0 Å². The Morgan fingerprint density at radius 3 is 2.59 bits per heavy atom. The van der Waals surface area contributed by atoms with Crippen LogP contribution in [0.1, 0.15) is 30.5 Å². The van der Waals surface area contributed by atoms with Gasteiger partial charge in [0.1, 0.15) is 0 Å². The van der Waals surface area contributed by atoms with Crippen LogP contribution in [-0.2, 0) is 14.3 Å². The van der Waals surface area contributed by atoms with Gasteiger partial charge in [-0.05, 0) is 29.3 Å². The van der Waals surface area contributed by atoms with Crippen LogP contribution in [0.5, 0.6) is 0 Å². The number of nitrogens with zero attached hydrogens (tertiary/aromatic N) is 2. The number of nitrogens with one attached hydrogen (secondary N) is 1. The fourth-order valence-electron chi connectivity index (χ4n) is 3.95. The molecule has 1 N–H and O–H groups in total. The second kappa shape index (κ2) is 8.49. The topological polar surface area (TPSA) is 61.9 Å². The molecule has 2 aromatic rings. The van der Waals surface area contributed by atoms with Gasteiger partial charge in [-0.25, -0.2) is 0 Å². The maximum absolute atomic E-state index is 13.0. The lowest BCUT2D eigenvalue weighted by molar-refractivity contribution is -0.129. The summed E-state index contributed by atoms with van der Waals surface area (Å²) in [6, 6.07) is 15.4. The Morgan fingerprint density at radius 1 is 1.07 bits per heavy atom. The Labute approximate surface area is 170 Å². The summed E-state index contributed by atoms with van der Waals surface area (Å²) in [5.41, 5.74) is 3.81. The van der Waals surface area contributed by atoms with Gasteiger partial charge >= 0.3 is 0 Å². The molecular formula is C23H25N3O3. The Kier molecular flexibility index (Phi) is 5.62. The van der Waals surface area contributed by atoms with Crippen molar-refractivity contribution in [3.05, 3.63) is 65.9 Å². The molecule has 2 aromatic carbocycles. The number of hydrogen-bond acceptors (Lipinski definition) is 4. The second-order valence-electron chi connectivity index (χ2n) is 7.26. The zero-order valence-electron chi connectivity index (χ0n) is 16.5. The molecule has 1 atom stereocenters. The van der Waals surface area contributed by atoms with E-state index in [1.54, 1.807) is 11.1 Å². The summed E-state index contributed by atoms with van der Waals surface area (Å²) in [5, 5.41) is 3.06. The average Bonchev–Trinajstić information content (AvgIpc) is 2.75. The number of carbonyl (C=O) groups excluding carboxylic acids is 2. The lowest BCUT2D eigenvalue weighted by atomic mass is 9.93. The number of amides is 2. The molecule has 0 aliphatic carbocycles. The Morgan fingerprint density at radius 2 is 1.79 bits per heavy atom. The number of para-hydroxylation sites is 2. The highest BCUT2D eigenvalue weighted by Gasteiger charge is 2.28. The molecule has 29 heavy (non-hydrogen) atoms. The highest BCUT2D eigenvalue weighted by Crippen LogP contribution is 2.34. The summed E-state index contributed by atoms with van der Waals surface area (Å²) in [6.45, 7) is 4.48. The quantitative estimate of drug-likeness (QED) is 0.868. The highest BCUT2D eigenvalue weighted by molar-refractivity contribution is 5.95. The first-order valence-corrected chi connectivity index (χ1v) is 9.91. The standard InChI is InChI=1S/C23H25N3O3/c1-17(27)26-11-10-18-6-2-3-7-19(18)22(26)16-23(28)24-20-8-4-5-9-21(20)25-12-14-29-15-13-25/h2-11,22H,12-16H2,1H3,(H,24,28). The maximum atomic E-state index is 13.0. The van der Waals surface area contributed by atoms with Crippen LogP contribution >= 0.6 is 0 Å². The van der Waals surface area contributed by atoms with E-state index < -0.39 is 0 Å². The molecule has 0 saturated carbocycles. The van der Waals surface area contributed by atoms with Crippen molar-refractivity contribution in [2.75, 3.05) is 36.5 Å². The summed E-state index contributed by atoms with van der Waals surface area (Å²) in [7, 11) is 0. The van der Waals surface area contributed by atoms with Crippen molar-refractivity contribution in [2.24, 2.45) is 0 Å². The van der Waals surface area contributed by atoms with Gasteiger partial charge in [0.15, 0.2) is 0 Å². The van der Waals surface area contributed by atoms with Crippen molar-refractivity contribution >= 4 is 29.3 Å². The molecule has 2 heterocycles. The third-order valence-corrected chi connectivity index (χ3v) is 5.38. The molecule has 0 radical (unpaired) electrons. The minimum absolute atomic E-state index is 0.0812. The summed E-state index contributed by atoms with van der Waals surface area (Å²) in [5.74, 6) is -0.200. The van der Waals surface area contributed by atoms with Crippen LogP contribution in [0.15, 0.2) is 54.7 Å². The van der Waals surface area contributed by atoms with Gasteiger partial charge in [0.25, 0.3) is 0 Å². The third kappa shape index (κ3) is 4.17. The number of rotatable bonds is 4. The molecule has 4 rings (SSSR count). The fourth-order valence-corrected chi connectivity index (χ4v) is 3.95. The van der Waals surface area contributed by atoms with Crippen LogP contribution in [0.2, 0.25) is 0 Å². The molecule has 0 spiro atoms. The maximum Gasteiger partial charge on any atom is 0.226 e. The molecule has 0 bridgehead atoms. The first kappa shape index (κ1) is 19.2. The lowest BCUT2D eigenvalue weighted by Crippen LogP contribution is -2.37. The van der Waals surface area contributed by atoms with Crippen LogP contribution in [0, 0.1) is 0 Å². The van der Waals surface area contributed by atoms with Crippen LogP contribution < -0.4 is 10.2 Å². The Balaban J connectivity index is 1.54. The molecule has 1 fully saturated rings. The van der Waals surface area contributed by atoms with Crippen LogP contribution in [0.4, 0.5) is 11.4 Å². The molecule has 2 aliphatic heterocycles. The van der Waals surface area contributed by atoms with Gasteiger partial charge in [-0.1, -0.05) is 36.4 Å². The fraction of sp³-hybridized carbons (Fsp3) is 0.304. The zero-order valence-corrected chi connectivity index (χ0v) is 16.5. The number of benzene rings is 2. The van der Waals surface area contributed by atoms with Crippen molar-refractivity contribution < 1.29 is 14.3 Å². The first-order chi connectivity index (χ1) is 14.1. The molecule has 1 saturated heterocycles. The summed E-state index contributed by atoms with van der Waals surface area (Å²) >= 11 is 0. The molecule has 6 nitrogen and oxygen atoms in total. The highest BCUT2D eigenvalue weighted by atomic mass is 16.5. The number of hydrogen-bond donors (Lipinski definition) is 1. The van der Waals surface area contributed by atoms with E-state index in [2.05, 4.69) is 10.2 Å². The predicted molar refractivity (Wildman–Crippen MR) is 113 cm³/mol. The van der Waals surface area contributed by atoms with E-state index in [1.807, 2.05) is 54.6 Å². The predicted octanol–water partition coefficient (Wildman–Crippen LogP) is 3.43. The van der Waals surface area contributed by atoms with E-state index in [0.29, 0.717) is 13.2 Å². The Hall–Kier alpha value is -3.12. The monoisotopic (exact) mass is 391 g/mol. The van der Waals surface area contributed by atoms with E-state index in [4.69, 9.17) is 4.74 Å². The van der Waals surface area contributed by atoms with Gasteiger partial charge in [0, 0.05) is 26.2 Å². The molecule has 6 heteroatoms. The van der Waals surface area contributed by atoms with E-state index in [-0.39, 0.29) is 24.3 Å². The van der Waals surface area contributed by atoms with Crippen LogP contribution in [-0.4, -0.2) is 43.0 Å². The molecule has 2 aliphatic rings. The van der Waals surface area contributed by atoms with Gasteiger partial charge in [0.05, 0.1) is 37.1 Å². The van der Waals surface area contributed by atoms with Gasteiger partial charge in [-0.3, -0.25) is 9.59 Å². The van der Waals surface area contributed by atoms with Gasteiger partial charge in [-0.15, -0.1) is 0 Å². The SMILES string of the molecule is CC(=O)N1C=Cc2ccccc2C1CC(=O)Nc1ccccc1N1CCOCC1. The van der Waals surface area contributed by atoms with Gasteiger partial charge in [0.2, 0.25) is 11.8 Å². The lowest BCUT2D eigenvalue weighted by Gasteiger charge is -2.33. The summed E-state index contributed by atoms with van der Waals surface area (Å²) in [4.78, 5) is 29.0. The van der Waals surface area contributed by atoms with Crippen LogP contribution in [0.25, 0.3) is 6.08 Å². The van der Waals surface area contributed by atoms with E-state index in [1.165, 1.54) is 6.92 Å². The van der Waals surface area contributed by atoms with Crippen molar-refractivity contribution in [3.63, 3.8) is 0 Å². The minimum Gasteiger partial charge on any atom is -0.378 e. The Bertz CT molecular complexity index is 934. The van der Waals surface area contributed by atoms with E-state index in [0.717, 1.165) is 35.6 Å². The normalized spacial score (nSPS) is 18.3. The van der Waals surface area contributed by atoms with Crippen molar-refractivity contribution in [1.82, 2.24) is 4.90 Å². The summed E-state index contributed by atoms with van der Waals surface area (Å²) in [6.07, 6.45) is 3.88. The van der Waals surface area contributed by atoms with Gasteiger partial charge in [-0.2, -0.15) is 0 Å². The number of carbonyl (C=O) groups is 2. The number of anilines is 2. The largest absolute Gasteiger partial charge is 0.378 e. The molecular weight excluding hydrogens is 366 g/mol. The average molecular weight is 391 g/mol. The minimum atomic E-state index is -0.316. The summed E-state index contributed by atoms with van der Waals surface area (Å²) < 4.78 is 5.44. The van der Waals surface area contributed by atoms with Crippen molar-refractivity contribution in [2.45, 2.75) is 19.4 Å². The zero-order chi connectivity index (χ0) is 20.2. The van der Waals surface area contributed by atoms with Crippen molar-refractivity contribution in [3.8, 4) is 0 Å². The number of fused-ring (bicyclic) bond motifs is 1. The van der Waals surface area contributed by atoms with Gasteiger partial charge < -0.3 is 19.9 Å². The van der Waals surface area contributed by atoms with E-state index in [9.17, 15) is 9.59 Å². The van der Waals surface area contributed by atoms with E-state index >= 15 is 0 Å². The molecule has 0 aromatic heterocycles. The number of morpholine rings is 1. The number of ether oxygens (including phenoxy) is 1.